The van der Waals surface area contributed by atoms with E-state index in [1.54, 1.807) is 0 Å². The fourth-order valence-corrected chi connectivity index (χ4v) is 3.39. The molecule has 0 aliphatic carbocycles. The highest BCUT2D eigenvalue weighted by Crippen LogP contribution is 2.19. The Balaban J connectivity index is 1.90. The van der Waals surface area contributed by atoms with Crippen LogP contribution in [-0.4, -0.2) is 59.6 Å². The molecule has 154 valence electrons. The topological polar surface area (TPSA) is 79.2 Å². The molecule has 0 aromatic carbocycles. The lowest BCUT2D eigenvalue weighted by Crippen LogP contribution is -2.55. The average Bonchev–Trinajstić information content (AvgIpc) is 2.64. The highest BCUT2D eigenvalue weighted by atomic mass is 16.6. The molecule has 5 nitrogen and oxygen atoms in total. The quantitative estimate of drug-likeness (QED) is 0.303. The lowest BCUT2D eigenvalue weighted by Gasteiger charge is -2.37. The Bertz CT molecular complexity index is 347. The largest absolute Gasteiger partial charge is 0.394 e. The van der Waals surface area contributed by atoms with E-state index < -0.39 is 24.4 Å². The summed E-state index contributed by atoms with van der Waals surface area (Å²) in [5, 5.41) is 29.0. The van der Waals surface area contributed by atoms with E-state index >= 15 is 0 Å². The fraction of sp³-hybridized carbons (Fsp3) is 0.905. The van der Waals surface area contributed by atoms with Gasteiger partial charge in [0.2, 0.25) is 0 Å². The van der Waals surface area contributed by atoms with E-state index in [9.17, 15) is 10.2 Å². The van der Waals surface area contributed by atoms with Gasteiger partial charge in [0.1, 0.15) is 24.4 Å². The van der Waals surface area contributed by atoms with Crippen LogP contribution in [0.5, 0.6) is 0 Å². The number of unbranched alkanes of at least 4 members (excludes halogenated alkanes) is 10. The molecule has 0 radical (unpaired) electrons. The zero-order valence-electron chi connectivity index (χ0n) is 16.5. The van der Waals surface area contributed by atoms with Gasteiger partial charge in [-0.1, -0.05) is 63.5 Å². The molecule has 1 heterocycles. The molecule has 0 aromatic heterocycles. The molecular weight excluding hydrogens is 332 g/mol. The Morgan fingerprint density at radius 1 is 0.923 bits per heavy atom. The van der Waals surface area contributed by atoms with Gasteiger partial charge in [-0.05, 0) is 26.2 Å². The van der Waals surface area contributed by atoms with Crippen molar-refractivity contribution in [3.05, 3.63) is 12.2 Å². The van der Waals surface area contributed by atoms with E-state index in [4.69, 9.17) is 14.6 Å². The SMILES string of the molecule is C/C=C/CCCCCCCCCCCCO[C@@H]1[C@@H](O)[C@H](CO)OC[C@H]1O. The molecule has 0 spiro atoms. The van der Waals surface area contributed by atoms with Crippen LogP contribution >= 0.6 is 0 Å². The van der Waals surface area contributed by atoms with Crippen molar-refractivity contribution >= 4 is 0 Å². The summed E-state index contributed by atoms with van der Waals surface area (Å²) in [6.45, 7) is 2.45. The molecule has 1 fully saturated rings. The third kappa shape index (κ3) is 10.0. The van der Waals surface area contributed by atoms with Crippen molar-refractivity contribution in [2.45, 2.75) is 102 Å². The third-order valence-corrected chi connectivity index (χ3v) is 5.07. The second-order valence-corrected chi connectivity index (χ2v) is 7.34. The molecule has 26 heavy (non-hydrogen) atoms. The van der Waals surface area contributed by atoms with Crippen molar-refractivity contribution in [1.29, 1.82) is 0 Å². The summed E-state index contributed by atoms with van der Waals surface area (Å²) in [7, 11) is 0. The van der Waals surface area contributed by atoms with Crippen LogP contribution in [0.15, 0.2) is 12.2 Å². The molecule has 1 aliphatic rings. The minimum absolute atomic E-state index is 0.0995. The van der Waals surface area contributed by atoms with Crippen LogP contribution < -0.4 is 0 Å². The number of aliphatic hydroxyl groups is 3. The summed E-state index contributed by atoms with van der Waals surface area (Å²) in [5.41, 5.74) is 0. The van der Waals surface area contributed by atoms with E-state index in [-0.39, 0.29) is 13.2 Å². The maximum Gasteiger partial charge on any atom is 0.114 e. The molecule has 3 N–H and O–H groups in total. The van der Waals surface area contributed by atoms with Gasteiger partial charge in [-0.3, -0.25) is 0 Å². The fourth-order valence-electron chi connectivity index (χ4n) is 3.39. The van der Waals surface area contributed by atoms with Gasteiger partial charge in [-0.25, -0.2) is 0 Å². The van der Waals surface area contributed by atoms with E-state index in [0.717, 1.165) is 12.8 Å². The van der Waals surface area contributed by atoms with Crippen LogP contribution in [0, 0.1) is 0 Å². The van der Waals surface area contributed by atoms with Gasteiger partial charge >= 0.3 is 0 Å². The first kappa shape index (κ1) is 23.6. The van der Waals surface area contributed by atoms with Gasteiger partial charge in [-0.2, -0.15) is 0 Å². The molecule has 1 rings (SSSR count). The molecule has 5 heteroatoms. The summed E-state index contributed by atoms with van der Waals surface area (Å²) in [4.78, 5) is 0. The Kier molecular flexibility index (Phi) is 14.1. The Morgan fingerprint density at radius 2 is 1.50 bits per heavy atom. The first-order valence-electron chi connectivity index (χ1n) is 10.5. The lowest BCUT2D eigenvalue weighted by molar-refractivity contribution is -0.210. The van der Waals surface area contributed by atoms with Gasteiger partial charge in [0, 0.05) is 6.61 Å². The molecule has 1 saturated heterocycles. The van der Waals surface area contributed by atoms with Crippen molar-refractivity contribution < 1.29 is 24.8 Å². The summed E-state index contributed by atoms with van der Waals surface area (Å²) in [6, 6.07) is 0. The first-order valence-corrected chi connectivity index (χ1v) is 10.5. The summed E-state index contributed by atoms with van der Waals surface area (Å²) in [6.07, 6.45) is 15.0. The van der Waals surface area contributed by atoms with Crippen molar-refractivity contribution in [3.8, 4) is 0 Å². The number of ether oxygens (including phenoxy) is 2. The molecule has 0 amide bonds. The molecule has 1 aliphatic heterocycles. The maximum atomic E-state index is 10.0. The molecule has 0 bridgehead atoms. The predicted molar refractivity (Wildman–Crippen MR) is 104 cm³/mol. The third-order valence-electron chi connectivity index (χ3n) is 5.07. The second-order valence-electron chi connectivity index (χ2n) is 7.34. The molecule has 4 atom stereocenters. The van der Waals surface area contributed by atoms with Crippen molar-refractivity contribution in [3.63, 3.8) is 0 Å². The standard InChI is InChI=1S/C21H40O5/c1-2-3-4-5-6-7-8-9-10-11-12-13-14-15-25-21-18(23)17-26-19(16-22)20(21)24/h2-3,18-24H,4-17H2,1H3/b3-2+/t18-,19+,20+,21+/m1/s1. The minimum Gasteiger partial charge on any atom is -0.394 e. The highest BCUT2D eigenvalue weighted by molar-refractivity contribution is 4.87. The minimum atomic E-state index is -0.971. The monoisotopic (exact) mass is 372 g/mol. The zero-order chi connectivity index (χ0) is 19.0. The van der Waals surface area contributed by atoms with Crippen molar-refractivity contribution in [1.82, 2.24) is 0 Å². The smallest absolute Gasteiger partial charge is 0.114 e. The zero-order valence-corrected chi connectivity index (χ0v) is 16.5. The summed E-state index contributed by atoms with van der Waals surface area (Å²) < 4.78 is 10.8. The number of hydrogen-bond acceptors (Lipinski definition) is 5. The van der Waals surface area contributed by atoms with E-state index in [0.29, 0.717) is 6.61 Å². The van der Waals surface area contributed by atoms with Crippen LogP contribution in [0.25, 0.3) is 0 Å². The molecule has 0 saturated carbocycles. The Hall–Kier alpha value is -0.460. The molecule has 0 unspecified atom stereocenters. The Morgan fingerprint density at radius 3 is 2.08 bits per heavy atom. The van der Waals surface area contributed by atoms with E-state index in [1.165, 1.54) is 57.8 Å². The van der Waals surface area contributed by atoms with Gasteiger partial charge in [0.15, 0.2) is 0 Å². The lowest BCUT2D eigenvalue weighted by atomic mass is 10.0. The van der Waals surface area contributed by atoms with Gasteiger partial charge < -0.3 is 24.8 Å². The van der Waals surface area contributed by atoms with E-state index in [2.05, 4.69) is 19.1 Å². The highest BCUT2D eigenvalue weighted by Gasteiger charge is 2.38. The number of aliphatic hydroxyl groups excluding tert-OH is 3. The number of hydrogen-bond donors (Lipinski definition) is 3. The van der Waals surface area contributed by atoms with Crippen molar-refractivity contribution in [2.75, 3.05) is 19.8 Å². The van der Waals surface area contributed by atoms with Gasteiger partial charge in [0.05, 0.1) is 13.2 Å². The van der Waals surface area contributed by atoms with Crippen molar-refractivity contribution in [2.24, 2.45) is 0 Å². The van der Waals surface area contributed by atoms with Crippen LogP contribution in [-0.2, 0) is 9.47 Å². The second kappa shape index (κ2) is 15.6. The van der Waals surface area contributed by atoms with Gasteiger partial charge in [-0.15, -0.1) is 0 Å². The van der Waals surface area contributed by atoms with Crippen LogP contribution in [0.3, 0.4) is 0 Å². The van der Waals surface area contributed by atoms with Crippen LogP contribution in [0.2, 0.25) is 0 Å². The van der Waals surface area contributed by atoms with Gasteiger partial charge in [0.25, 0.3) is 0 Å². The summed E-state index contributed by atoms with van der Waals surface area (Å²) >= 11 is 0. The van der Waals surface area contributed by atoms with E-state index in [1.807, 2.05) is 0 Å². The molecular formula is C21H40O5. The first-order chi connectivity index (χ1) is 12.7. The normalized spacial score (nSPS) is 26.6. The molecule has 0 aromatic rings. The maximum absolute atomic E-state index is 10.0. The predicted octanol–water partition coefficient (Wildman–Crippen LogP) is 3.35. The number of allylic oxidation sites excluding steroid dienone is 2. The van der Waals surface area contributed by atoms with Crippen LogP contribution in [0.4, 0.5) is 0 Å². The summed E-state index contributed by atoms with van der Waals surface area (Å²) in [5.74, 6) is 0. The number of rotatable bonds is 15. The average molecular weight is 373 g/mol. The Labute approximate surface area is 159 Å². The van der Waals surface area contributed by atoms with Crippen LogP contribution in [0.1, 0.15) is 77.6 Å².